The van der Waals surface area contributed by atoms with Crippen LogP contribution in [0.1, 0.15) is 11.1 Å². The molecule has 2 aromatic carbocycles. The van der Waals surface area contributed by atoms with Crippen LogP contribution >= 0.6 is 0 Å². The zero-order valence-corrected chi connectivity index (χ0v) is 15.4. The highest BCUT2D eigenvalue weighted by molar-refractivity contribution is 5.77. The first-order chi connectivity index (χ1) is 13.0. The third-order valence-electron chi connectivity index (χ3n) is 3.76. The lowest BCUT2D eigenvalue weighted by atomic mass is 10.1. The van der Waals surface area contributed by atoms with Gasteiger partial charge in [0.15, 0.2) is 13.2 Å². The van der Waals surface area contributed by atoms with Crippen molar-refractivity contribution in [2.24, 2.45) is 0 Å². The molecule has 0 atom stereocenters. The number of hydrogen-bond acceptors (Lipinski definition) is 5. The fourth-order valence-corrected chi connectivity index (χ4v) is 2.38. The van der Waals surface area contributed by atoms with Crippen molar-refractivity contribution in [1.29, 1.82) is 0 Å². The number of benzene rings is 2. The van der Waals surface area contributed by atoms with Gasteiger partial charge in [-0.25, -0.2) is 4.79 Å². The Labute approximate surface area is 157 Å². The highest BCUT2D eigenvalue weighted by Gasteiger charge is 2.05. The highest BCUT2D eigenvalue weighted by Crippen LogP contribution is 2.22. The summed E-state index contributed by atoms with van der Waals surface area (Å²) < 4.78 is 15.7. The van der Waals surface area contributed by atoms with Gasteiger partial charge in [-0.3, -0.25) is 4.79 Å². The van der Waals surface area contributed by atoms with Crippen LogP contribution in [0.5, 0.6) is 17.2 Å². The Bertz CT molecular complexity index is 773. The molecule has 0 aliphatic carbocycles. The minimum atomic E-state index is -1.02. The predicted molar refractivity (Wildman–Crippen MR) is 99.5 cm³/mol. The van der Waals surface area contributed by atoms with E-state index < -0.39 is 5.97 Å². The molecule has 0 saturated carbocycles. The van der Waals surface area contributed by atoms with E-state index in [1.807, 2.05) is 25.1 Å². The molecule has 7 heteroatoms. The fourth-order valence-electron chi connectivity index (χ4n) is 2.38. The monoisotopic (exact) mass is 373 g/mol. The summed E-state index contributed by atoms with van der Waals surface area (Å²) in [6, 6.07) is 12.4. The van der Waals surface area contributed by atoms with E-state index in [4.69, 9.17) is 19.3 Å². The molecule has 144 valence electrons. The summed E-state index contributed by atoms with van der Waals surface area (Å²) in [5.74, 6) is 0.652. The van der Waals surface area contributed by atoms with Crippen molar-refractivity contribution < 1.29 is 28.9 Å². The third-order valence-corrected chi connectivity index (χ3v) is 3.76. The standard InChI is InChI=1S/C20H23NO6/c1-14-11-17(7-8-18(14)25-2)26-12-19(22)21-10-9-15-3-5-16(6-4-15)27-13-20(23)24/h3-8,11H,9-10,12-13H2,1-2H3,(H,21,22)(H,23,24). The second-order valence-corrected chi connectivity index (χ2v) is 5.85. The lowest BCUT2D eigenvalue weighted by Crippen LogP contribution is -2.30. The molecule has 0 radical (unpaired) electrons. The maximum Gasteiger partial charge on any atom is 0.341 e. The number of methoxy groups -OCH3 is 1. The van der Waals surface area contributed by atoms with Crippen molar-refractivity contribution in [3.05, 3.63) is 53.6 Å². The van der Waals surface area contributed by atoms with Crippen LogP contribution in [0.4, 0.5) is 0 Å². The number of carbonyl (C=O) groups excluding carboxylic acids is 1. The van der Waals surface area contributed by atoms with E-state index in [9.17, 15) is 9.59 Å². The average molecular weight is 373 g/mol. The van der Waals surface area contributed by atoms with Crippen LogP contribution in [0.2, 0.25) is 0 Å². The molecule has 0 aliphatic rings. The normalized spacial score (nSPS) is 10.1. The van der Waals surface area contributed by atoms with E-state index >= 15 is 0 Å². The second kappa shape index (κ2) is 10.1. The summed E-state index contributed by atoms with van der Waals surface area (Å²) in [7, 11) is 1.60. The molecule has 0 heterocycles. The molecule has 2 N–H and O–H groups in total. The second-order valence-electron chi connectivity index (χ2n) is 5.85. The van der Waals surface area contributed by atoms with Crippen LogP contribution in [0.3, 0.4) is 0 Å². The van der Waals surface area contributed by atoms with Gasteiger partial charge in [0.05, 0.1) is 7.11 Å². The van der Waals surface area contributed by atoms with Crippen LogP contribution in [0.15, 0.2) is 42.5 Å². The zero-order chi connectivity index (χ0) is 19.6. The number of amides is 1. The summed E-state index contributed by atoms with van der Waals surface area (Å²) in [4.78, 5) is 22.3. The molecule has 27 heavy (non-hydrogen) atoms. The Morgan fingerprint density at radius 2 is 1.67 bits per heavy atom. The number of carbonyl (C=O) groups is 2. The van der Waals surface area contributed by atoms with Crippen LogP contribution in [0.25, 0.3) is 0 Å². The largest absolute Gasteiger partial charge is 0.496 e. The van der Waals surface area contributed by atoms with Gasteiger partial charge in [0.1, 0.15) is 17.2 Å². The van der Waals surface area contributed by atoms with Crippen molar-refractivity contribution in [1.82, 2.24) is 5.32 Å². The molecular formula is C20H23NO6. The smallest absolute Gasteiger partial charge is 0.341 e. The van der Waals surface area contributed by atoms with E-state index in [1.165, 1.54) is 0 Å². The summed E-state index contributed by atoms with van der Waals surface area (Å²) in [6.07, 6.45) is 0.645. The van der Waals surface area contributed by atoms with Gasteiger partial charge in [0, 0.05) is 6.54 Å². The minimum Gasteiger partial charge on any atom is -0.496 e. The van der Waals surface area contributed by atoms with Gasteiger partial charge in [0.2, 0.25) is 0 Å². The number of carboxylic acids is 1. The summed E-state index contributed by atoms with van der Waals surface area (Å²) in [6.45, 7) is 1.94. The molecule has 0 spiro atoms. The van der Waals surface area contributed by atoms with E-state index in [0.717, 1.165) is 16.9 Å². The first kappa shape index (κ1) is 20.1. The molecule has 2 aromatic rings. The SMILES string of the molecule is COc1ccc(OCC(=O)NCCc2ccc(OCC(=O)O)cc2)cc1C. The summed E-state index contributed by atoms with van der Waals surface area (Å²) in [5.41, 5.74) is 1.94. The Morgan fingerprint density at radius 3 is 2.30 bits per heavy atom. The highest BCUT2D eigenvalue weighted by atomic mass is 16.5. The topological polar surface area (TPSA) is 94.1 Å². The Morgan fingerprint density at radius 1 is 1.00 bits per heavy atom. The number of aliphatic carboxylic acids is 1. The molecule has 0 unspecified atom stereocenters. The zero-order valence-electron chi connectivity index (χ0n) is 15.4. The van der Waals surface area contributed by atoms with Crippen LogP contribution in [-0.4, -0.2) is 43.9 Å². The minimum absolute atomic E-state index is 0.0618. The van der Waals surface area contributed by atoms with Gasteiger partial charge < -0.3 is 24.6 Å². The quantitative estimate of drug-likeness (QED) is 0.663. The summed E-state index contributed by atoms with van der Waals surface area (Å²) >= 11 is 0. The van der Waals surface area contributed by atoms with Gasteiger partial charge in [0.25, 0.3) is 5.91 Å². The molecule has 1 amide bonds. The molecule has 0 saturated heterocycles. The Kier molecular flexibility index (Phi) is 7.49. The number of ether oxygens (including phenoxy) is 3. The lowest BCUT2D eigenvalue weighted by molar-refractivity contribution is -0.139. The van der Waals surface area contributed by atoms with E-state index in [0.29, 0.717) is 24.5 Å². The van der Waals surface area contributed by atoms with E-state index in [-0.39, 0.29) is 19.1 Å². The maximum atomic E-state index is 11.9. The van der Waals surface area contributed by atoms with Crippen molar-refractivity contribution in [3.63, 3.8) is 0 Å². The van der Waals surface area contributed by atoms with Gasteiger partial charge in [-0.05, 0) is 54.8 Å². The molecule has 0 bridgehead atoms. The van der Waals surface area contributed by atoms with Crippen molar-refractivity contribution in [2.45, 2.75) is 13.3 Å². The van der Waals surface area contributed by atoms with Gasteiger partial charge in [-0.1, -0.05) is 12.1 Å². The average Bonchev–Trinajstić information content (AvgIpc) is 2.66. The van der Waals surface area contributed by atoms with Crippen LogP contribution < -0.4 is 19.5 Å². The number of hydrogen-bond donors (Lipinski definition) is 2. The van der Waals surface area contributed by atoms with Gasteiger partial charge in [-0.2, -0.15) is 0 Å². The third kappa shape index (κ3) is 6.89. The number of carboxylic acid groups (broad SMARTS) is 1. The number of nitrogens with one attached hydrogen (secondary N) is 1. The Hall–Kier alpha value is -3.22. The van der Waals surface area contributed by atoms with E-state index in [1.54, 1.807) is 31.4 Å². The maximum absolute atomic E-state index is 11.9. The van der Waals surface area contributed by atoms with E-state index in [2.05, 4.69) is 5.32 Å². The molecule has 0 fully saturated rings. The molecule has 0 aromatic heterocycles. The molecule has 7 nitrogen and oxygen atoms in total. The molecular weight excluding hydrogens is 350 g/mol. The van der Waals surface area contributed by atoms with Crippen LogP contribution in [0, 0.1) is 6.92 Å². The Balaban J connectivity index is 1.69. The summed E-state index contributed by atoms with van der Waals surface area (Å²) in [5, 5.41) is 11.4. The van der Waals surface area contributed by atoms with Crippen LogP contribution in [-0.2, 0) is 16.0 Å². The van der Waals surface area contributed by atoms with Crippen molar-refractivity contribution in [2.75, 3.05) is 26.9 Å². The number of aryl methyl sites for hydroxylation is 1. The van der Waals surface area contributed by atoms with Crippen molar-refractivity contribution in [3.8, 4) is 17.2 Å². The predicted octanol–water partition coefficient (Wildman–Crippen LogP) is 2.20. The molecule has 0 aliphatic heterocycles. The fraction of sp³-hybridized carbons (Fsp3) is 0.300. The van der Waals surface area contributed by atoms with Gasteiger partial charge >= 0.3 is 5.97 Å². The van der Waals surface area contributed by atoms with Gasteiger partial charge in [-0.15, -0.1) is 0 Å². The lowest BCUT2D eigenvalue weighted by Gasteiger charge is -2.10. The molecule has 2 rings (SSSR count). The number of rotatable bonds is 10. The first-order valence-corrected chi connectivity index (χ1v) is 8.45. The first-order valence-electron chi connectivity index (χ1n) is 8.45. The van der Waals surface area contributed by atoms with Crippen molar-refractivity contribution >= 4 is 11.9 Å².